The van der Waals surface area contributed by atoms with E-state index in [-0.39, 0.29) is 5.91 Å². The molecule has 0 saturated heterocycles. The molecule has 0 fully saturated rings. The monoisotopic (exact) mass is 453 g/mol. The summed E-state index contributed by atoms with van der Waals surface area (Å²) in [6, 6.07) is 16.2. The molecule has 0 saturated carbocycles. The second-order valence-electron chi connectivity index (χ2n) is 7.68. The summed E-state index contributed by atoms with van der Waals surface area (Å²) in [6.07, 6.45) is 4.96. The van der Waals surface area contributed by atoms with Crippen LogP contribution < -0.4 is 15.4 Å². The van der Waals surface area contributed by atoms with E-state index in [1.54, 1.807) is 35.4 Å². The minimum atomic E-state index is -0.557. The van der Waals surface area contributed by atoms with Gasteiger partial charge < -0.3 is 15.4 Å². The summed E-state index contributed by atoms with van der Waals surface area (Å²) in [7, 11) is 0. The summed E-state index contributed by atoms with van der Waals surface area (Å²) in [4.78, 5) is 26.7. The summed E-state index contributed by atoms with van der Waals surface area (Å²) in [5, 5.41) is 10.9. The Kier molecular flexibility index (Phi) is 5.73. The molecular formula is C25H23N7O2. The molecule has 1 unspecified atom stereocenters. The second-order valence-corrected chi connectivity index (χ2v) is 7.68. The van der Waals surface area contributed by atoms with Crippen LogP contribution in [0.5, 0.6) is 5.75 Å². The third-order valence-electron chi connectivity index (χ3n) is 5.41. The van der Waals surface area contributed by atoms with E-state index in [9.17, 15) is 4.79 Å². The number of aromatic nitrogens is 5. The number of nitrogens with one attached hydrogen (secondary N) is 2. The first kappa shape index (κ1) is 21.3. The van der Waals surface area contributed by atoms with Crippen molar-refractivity contribution in [3.8, 4) is 17.1 Å². The smallest absolute Gasteiger partial charge is 0.255 e. The zero-order chi connectivity index (χ0) is 23.5. The number of benzene rings is 1. The topological polar surface area (TPSA) is 107 Å². The summed E-state index contributed by atoms with van der Waals surface area (Å²) in [5.41, 5.74) is 3.30. The van der Waals surface area contributed by atoms with Crippen LogP contribution in [-0.2, 0) is 4.79 Å². The quantitative estimate of drug-likeness (QED) is 0.453. The second kappa shape index (κ2) is 9.14. The molecule has 170 valence electrons. The molecule has 9 heteroatoms. The van der Waals surface area contributed by atoms with E-state index in [1.807, 2.05) is 56.3 Å². The average Bonchev–Trinajstić information content (AvgIpc) is 3.28. The lowest BCUT2D eigenvalue weighted by Gasteiger charge is -2.27. The molecule has 9 nitrogen and oxygen atoms in total. The van der Waals surface area contributed by atoms with Crippen molar-refractivity contribution >= 4 is 17.5 Å². The van der Waals surface area contributed by atoms with E-state index in [4.69, 9.17) is 14.8 Å². The zero-order valence-corrected chi connectivity index (χ0v) is 18.8. The number of carbonyl (C=O) groups is 1. The van der Waals surface area contributed by atoms with Gasteiger partial charge in [0, 0.05) is 23.7 Å². The minimum absolute atomic E-state index is 0.266. The van der Waals surface area contributed by atoms with Crippen LogP contribution in [0.1, 0.15) is 25.6 Å². The molecule has 1 aromatic carbocycles. The number of nitrogens with zero attached hydrogens (tertiary/aromatic N) is 5. The Balaban J connectivity index is 1.55. The number of carbonyl (C=O) groups excluding carboxylic acids is 1. The van der Waals surface area contributed by atoms with Gasteiger partial charge in [-0.05, 0) is 62.4 Å². The summed E-state index contributed by atoms with van der Waals surface area (Å²) in [6.45, 7) is 4.39. The van der Waals surface area contributed by atoms with Crippen molar-refractivity contribution in [2.75, 3.05) is 17.2 Å². The third-order valence-corrected chi connectivity index (χ3v) is 5.41. The van der Waals surface area contributed by atoms with Crippen molar-refractivity contribution in [2.45, 2.75) is 19.9 Å². The fourth-order valence-corrected chi connectivity index (χ4v) is 3.88. The van der Waals surface area contributed by atoms with E-state index in [0.717, 1.165) is 11.3 Å². The van der Waals surface area contributed by atoms with Gasteiger partial charge in [0.15, 0.2) is 5.82 Å². The van der Waals surface area contributed by atoms with Gasteiger partial charge in [0.2, 0.25) is 5.95 Å². The van der Waals surface area contributed by atoms with Gasteiger partial charge in [-0.25, -0.2) is 4.68 Å². The van der Waals surface area contributed by atoms with Crippen LogP contribution in [0, 0.1) is 0 Å². The first-order valence-corrected chi connectivity index (χ1v) is 10.9. The van der Waals surface area contributed by atoms with Gasteiger partial charge in [0.05, 0.1) is 29.8 Å². The molecule has 0 bridgehead atoms. The minimum Gasteiger partial charge on any atom is -0.494 e. The number of amides is 1. The Hall–Kier alpha value is -4.53. The van der Waals surface area contributed by atoms with Crippen molar-refractivity contribution in [2.24, 2.45) is 0 Å². The van der Waals surface area contributed by atoms with Crippen molar-refractivity contribution in [1.82, 2.24) is 24.7 Å². The molecule has 1 aliphatic heterocycles. The van der Waals surface area contributed by atoms with Crippen molar-refractivity contribution in [3.63, 3.8) is 0 Å². The predicted octanol–water partition coefficient (Wildman–Crippen LogP) is 4.06. The van der Waals surface area contributed by atoms with Gasteiger partial charge >= 0.3 is 0 Å². The highest BCUT2D eigenvalue weighted by molar-refractivity contribution is 6.05. The number of anilines is 2. The number of hydrogen-bond donors (Lipinski definition) is 2. The first-order chi connectivity index (χ1) is 16.6. The van der Waals surface area contributed by atoms with E-state index in [1.165, 1.54) is 0 Å². The molecule has 1 atom stereocenters. The third kappa shape index (κ3) is 4.11. The molecule has 5 rings (SSSR count). The standard InChI is InChI=1S/C25H23N7O2/c1-3-34-19-11-9-17(10-12-19)23-30-25-28-16(2)21(24(33)29-18-7-6-13-26-15-18)22(32(25)31-23)20-8-4-5-14-27-20/h4-15,22H,3H2,1-2H3,(H,29,33)(H,28,30,31). The van der Waals surface area contributed by atoms with Crippen LogP contribution in [0.3, 0.4) is 0 Å². The van der Waals surface area contributed by atoms with Crippen LogP contribution >= 0.6 is 0 Å². The van der Waals surface area contributed by atoms with E-state index in [0.29, 0.717) is 41.0 Å². The summed E-state index contributed by atoms with van der Waals surface area (Å²) < 4.78 is 7.24. The molecule has 0 aliphatic carbocycles. The highest BCUT2D eigenvalue weighted by Gasteiger charge is 2.35. The Morgan fingerprint density at radius 3 is 2.68 bits per heavy atom. The molecule has 34 heavy (non-hydrogen) atoms. The van der Waals surface area contributed by atoms with Gasteiger partial charge in [-0.15, -0.1) is 5.10 Å². The number of rotatable bonds is 6. The lowest BCUT2D eigenvalue weighted by Crippen LogP contribution is -2.32. The van der Waals surface area contributed by atoms with Crippen molar-refractivity contribution in [1.29, 1.82) is 0 Å². The van der Waals surface area contributed by atoms with Crippen LogP contribution in [0.2, 0.25) is 0 Å². The molecule has 0 spiro atoms. The Morgan fingerprint density at radius 1 is 1.12 bits per heavy atom. The van der Waals surface area contributed by atoms with E-state index in [2.05, 4.69) is 20.6 Å². The van der Waals surface area contributed by atoms with Gasteiger partial charge in [0.25, 0.3) is 5.91 Å². The predicted molar refractivity (Wildman–Crippen MR) is 128 cm³/mol. The normalized spacial score (nSPS) is 14.8. The molecule has 0 radical (unpaired) electrons. The molecule has 3 aromatic heterocycles. The van der Waals surface area contributed by atoms with Crippen LogP contribution in [0.4, 0.5) is 11.6 Å². The fourth-order valence-electron chi connectivity index (χ4n) is 3.88. The number of pyridine rings is 2. The lowest BCUT2D eigenvalue weighted by molar-refractivity contribution is -0.113. The van der Waals surface area contributed by atoms with Crippen LogP contribution in [0.15, 0.2) is 84.5 Å². The SMILES string of the molecule is CCOc1ccc(-c2nc3n(n2)C(c2ccccn2)C(C(=O)Nc2cccnc2)=C(C)N3)cc1. The fraction of sp³-hybridized carbons (Fsp3) is 0.160. The van der Waals surface area contributed by atoms with Crippen molar-refractivity contribution < 1.29 is 9.53 Å². The Labute approximate surface area is 196 Å². The van der Waals surface area contributed by atoms with Gasteiger partial charge in [0.1, 0.15) is 11.8 Å². The number of hydrogen-bond acceptors (Lipinski definition) is 7. The van der Waals surface area contributed by atoms with Crippen LogP contribution in [0.25, 0.3) is 11.4 Å². The molecule has 4 heterocycles. The number of allylic oxidation sites excluding steroid dienone is 1. The van der Waals surface area contributed by atoms with Crippen molar-refractivity contribution in [3.05, 3.63) is 90.2 Å². The largest absolute Gasteiger partial charge is 0.494 e. The maximum absolute atomic E-state index is 13.4. The van der Waals surface area contributed by atoms with Gasteiger partial charge in [-0.2, -0.15) is 4.98 Å². The summed E-state index contributed by atoms with van der Waals surface area (Å²) >= 11 is 0. The van der Waals surface area contributed by atoms with E-state index < -0.39 is 6.04 Å². The summed E-state index contributed by atoms with van der Waals surface area (Å²) in [5.74, 6) is 1.59. The average molecular weight is 454 g/mol. The Morgan fingerprint density at radius 2 is 1.97 bits per heavy atom. The molecular weight excluding hydrogens is 430 g/mol. The first-order valence-electron chi connectivity index (χ1n) is 10.9. The molecule has 2 N–H and O–H groups in total. The number of fused-ring (bicyclic) bond motifs is 1. The maximum atomic E-state index is 13.4. The van der Waals surface area contributed by atoms with Gasteiger partial charge in [-0.3, -0.25) is 14.8 Å². The Bertz CT molecular complexity index is 1330. The molecule has 1 aliphatic rings. The van der Waals surface area contributed by atoms with E-state index >= 15 is 0 Å². The highest BCUT2D eigenvalue weighted by atomic mass is 16.5. The highest BCUT2D eigenvalue weighted by Crippen LogP contribution is 2.36. The molecule has 4 aromatic rings. The zero-order valence-electron chi connectivity index (χ0n) is 18.8. The molecule has 1 amide bonds. The maximum Gasteiger partial charge on any atom is 0.255 e. The van der Waals surface area contributed by atoms with Gasteiger partial charge in [-0.1, -0.05) is 6.07 Å². The number of ether oxygens (including phenoxy) is 1. The van der Waals surface area contributed by atoms with Crippen LogP contribution in [-0.4, -0.2) is 37.2 Å². The lowest BCUT2D eigenvalue weighted by atomic mass is 9.98.